The van der Waals surface area contributed by atoms with Gasteiger partial charge in [0.1, 0.15) is 5.82 Å². The quantitative estimate of drug-likeness (QED) is 0.748. The van der Waals surface area contributed by atoms with Gasteiger partial charge in [0.25, 0.3) is 0 Å². The molecule has 0 heterocycles. The number of nitrogen functional groups attached to an aromatic ring is 1. The van der Waals surface area contributed by atoms with E-state index in [-0.39, 0.29) is 5.82 Å². The van der Waals surface area contributed by atoms with Gasteiger partial charge < -0.3 is 5.73 Å². The third-order valence-corrected chi connectivity index (χ3v) is 3.49. The molecule has 0 saturated heterocycles. The molecule has 0 spiro atoms. The summed E-state index contributed by atoms with van der Waals surface area (Å²) >= 11 is 0. The Balaban J connectivity index is 2.77. The lowest BCUT2D eigenvalue weighted by Crippen LogP contribution is -2.33. The van der Waals surface area contributed by atoms with E-state index in [0.29, 0.717) is 11.7 Å². The lowest BCUT2D eigenvalue weighted by Gasteiger charge is -2.28. The molecule has 0 aliphatic carbocycles. The highest BCUT2D eigenvalue weighted by Crippen LogP contribution is 2.18. The molecule has 0 amide bonds. The van der Waals surface area contributed by atoms with E-state index >= 15 is 0 Å². The molecule has 1 aromatic carbocycles. The van der Waals surface area contributed by atoms with Crippen molar-refractivity contribution in [2.45, 2.75) is 52.6 Å². The van der Waals surface area contributed by atoms with Crippen LogP contribution in [0.25, 0.3) is 0 Å². The molecule has 0 bridgehead atoms. The molecule has 2 N–H and O–H groups in total. The highest BCUT2D eigenvalue weighted by molar-refractivity contribution is 5.46. The zero-order chi connectivity index (χ0) is 13.5. The van der Waals surface area contributed by atoms with Crippen LogP contribution in [0.15, 0.2) is 18.2 Å². The summed E-state index contributed by atoms with van der Waals surface area (Å²) < 4.78 is 13.3. The number of nitrogens with two attached hydrogens (primary N) is 1. The molecule has 0 fully saturated rings. The second kappa shape index (κ2) is 7.37. The van der Waals surface area contributed by atoms with Crippen molar-refractivity contribution in [2.24, 2.45) is 0 Å². The van der Waals surface area contributed by atoms with E-state index in [1.54, 1.807) is 12.1 Å². The number of halogens is 1. The first-order chi connectivity index (χ1) is 8.58. The molecule has 1 unspecified atom stereocenters. The van der Waals surface area contributed by atoms with Crippen molar-refractivity contribution >= 4 is 5.69 Å². The van der Waals surface area contributed by atoms with Gasteiger partial charge in [0.15, 0.2) is 0 Å². The fourth-order valence-corrected chi connectivity index (χ4v) is 2.00. The summed E-state index contributed by atoms with van der Waals surface area (Å²) in [4.78, 5) is 2.38. The van der Waals surface area contributed by atoms with E-state index < -0.39 is 0 Å². The summed E-state index contributed by atoms with van der Waals surface area (Å²) in [5.41, 5.74) is 7.49. The maximum atomic E-state index is 13.3. The van der Waals surface area contributed by atoms with Gasteiger partial charge in [-0.05, 0) is 50.1 Å². The summed E-state index contributed by atoms with van der Waals surface area (Å²) in [6.07, 6.45) is 3.43. The van der Waals surface area contributed by atoms with Crippen LogP contribution in [0, 0.1) is 5.82 Å². The molecule has 0 aliphatic rings. The van der Waals surface area contributed by atoms with Crippen LogP contribution in [0.2, 0.25) is 0 Å². The second-order valence-corrected chi connectivity index (χ2v) is 4.92. The number of hydrogen-bond donors (Lipinski definition) is 1. The Morgan fingerprint density at radius 2 is 2.06 bits per heavy atom. The predicted octanol–water partition coefficient (Wildman–Crippen LogP) is 3.81. The smallest absolute Gasteiger partial charge is 0.123 e. The molecule has 0 radical (unpaired) electrons. The number of rotatable bonds is 7. The van der Waals surface area contributed by atoms with Crippen LogP contribution >= 0.6 is 0 Å². The number of hydrogen-bond acceptors (Lipinski definition) is 2. The van der Waals surface area contributed by atoms with E-state index in [4.69, 9.17) is 5.73 Å². The van der Waals surface area contributed by atoms with Crippen LogP contribution in [0.1, 0.15) is 45.6 Å². The van der Waals surface area contributed by atoms with Gasteiger partial charge in [-0.1, -0.05) is 20.3 Å². The molecule has 0 saturated carbocycles. The fraction of sp³-hybridized carbons (Fsp3) is 0.600. The first-order valence-electron chi connectivity index (χ1n) is 6.86. The van der Waals surface area contributed by atoms with E-state index in [2.05, 4.69) is 25.7 Å². The van der Waals surface area contributed by atoms with Crippen molar-refractivity contribution < 1.29 is 4.39 Å². The number of unbranched alkanes of at least 4 members (excludes halogenated alkanes) is 1. The molecule has 2 nitrogen and oxygen atoms in total. The molecule has 1 atom stereocenters. The highest BCUT2D eigenvalue weighted by Gasteiger charge is 2.13. The Labute approximate surface area is 110 Å². The summed E-state index contributed by atoms with van der Waals surface area (Å²) in [6, 6.07) is 5.12. The lowest BCUT2D eigenvalue weighted by molar-refractivity contribution is 0.192. The Kier molecular flexibility index (Phi) is 6.13. The highest BCUT2D eigenvalue weighted by atomic mass is 19.1. The monoisotopic (exact) mass is 252 g/mol. The van der Waals surface area contributed by atoms with Crippen LogP contribution in [-0.2, 0) is 6.54 Å². The molecule has 1 rings (SSSR count). The van der Waals surface area contributed by atoms with Gasteiger partial charge in [0.2, 0.25) is 0 Å². The molecule has 102 valence electrons. The maximum absolute atomic E-state index is 13.3. The topological polar surface area (TPSA) is 29.3 Å². The minimum absolute atomic E-state index is 0.209. The molecule has 3 heteroatoms. The molecule has 1 aromatic rings. The second-order valence-electron chi connectivity index (χ2n) is 4.92. The first-order valence-corrected chi connectivity index (χ1v) is 6.86. The van der Waals surface area contributed by atoms with Crippen molar-refractivity contribution in [3.8, 4) is 0 Å². The Morgan fingerprint density at radius 3 is 2.67 bits per heavy atom. The van der Waals surface area contributed by atoms with E-state index in [9.17, 15) is 4.39 Å². The van der Waals surface area contributed by atoms with Gasteiger partial charge in [0.05, 0.1) is 0 Å². The average Bonchev–Trinajstić information content (AvgIpc) is 2.37. The molecular formula is C15H25FN2. The van der Waals surface area contributed by atoms with Crippen LogP contribution in [0.3, 0.4) is 0 Å². The Bertz CT molecular complexity index is 366. The van der Waals surface area contributed by atoms with Gasteiger partial charge >= 0.3 is 0 Å². The van der Waals surface area contributed by atoms with Crippen LogP contribution in [-0.4, -0.2) is 17.5 Å². The molecule has 18 heavy (non-hydrogen) atoms. The number of nitrogens with zero attached hydrogens (tertiary/aromatic N) is 1. The van der Waals surface area contributed by atoms with Crippen LogP contribution in [0.4, 0.5) is 10.1 Å². The fourth-order valence-electron chi connectivity index (χ4n) is 2.00. The van der Waals surface area contributed by atoms with Crippen molar-refractivity contribution in [1.29, 1.82) is 0 Å². The van der Waals surface area contributed by atoms with Crippen LogP contribution < -0.4 is 5.73 Å². The van der Waals surface area contributed by atoms with Crippen LogP contribution in [0.5, 0.6) is 0 Å². The Morgan fingerprint density at radius 1 is 1.33 bits per heavy atom. The zero-order valence-corrected chi connectivity index (χ0v) is 11.7. The van der Waals surface area contributed by atoms with Gasteiger partial charge in [-0.15, -0.1) is 0 Å². The van der Waals surface area contributed by atoms with Gasteiger partial charge in [-0.25, -0.2) is 4.39 Å². The maximum Gasteiger partial charge on any atom is 0.123 e. The Hall–Kier alpha value is -1.09. The van der Waals surface area contributed by atoms with Crippen molar-refractivity contribution in [1.82, 2.24) is 4.90 Å². The summed E-state index contributed by atoms with van der Waals surface area (Å²) in [5.74, 6) is -0.209. The summed E-state index contributed by atoms with van der Waals surface area (Å²) in [7, 11) is 0. The van der Waals surface area contributed by atoms with E-state index in [1.807, 2.05) is 0 Å². The van der Waals surface area contributed by atoms with Gasteiger partial charge in [0, 0.05) is 18.3 Å². The van der Waals surface area contributed by atoms with Crippen molar-refractivity contribution in [3.63, 3.8) is 0 Å². The summed E-state index contributed by atoms with van der Waals surface area (Å²) in [6.45, 7) is 8.36. The molecular weight excluding hydrogens is 227 g/mol. The van der Waals surface area contributed by atoms with E-state index in [0.717, 1.165) is 25.1 Å². The molecule has 0 aromatic heterocycles. The minimum atomic E-state index is -0.209. The lowest BCUT2D eigenvalue weighted by atomic mass is 10.1. The normalized spacial score (nSPS) is 12.9. The zero-order valence-electron chi connectivity index (χ0n) is 11.7. The predicted molar refractivity (Wildman–Crippen MR) is 75.9 cm³/mol. The minimum Gasteiger partial charge on any atom is -0.398 e. The summed E-state index contributed by atoms with van der Waals surface area (Å²) in [5, 5.41) is 0. The number of anilines is 1. The first kappa shape index (κ1) is 15.0. The van der Waals surface area contributed by atoms with E-state index in [1.165, 1.54) is 18.9 Å². The van der Waals surface area contributed by atoms with Gasteiger partial charge in [-0.2, -0.15) is 0 Å². The number of benzene rings is 1. The third kappa shape index (κ3) is 4.30. The van der Waals surface area contributed by atoms with Gasteiger partial charge in [-0.3, -0.25) is 4.90 Å². The SMILES string of the molecule is CCCCN(Cc1cc(F)ccc1N)C(C)CC. The third-order valence-electron chi connectivity index (χ3n) is 3.49. The largest absolute Gasteiger partial charge is 0.398 e. The molecule has 0 aliphatic heterocycles. The standard InChI is InChI=1S/C15H25FN2/c1-4-6-9-18(12(3)5-2)11-13-10-14(16)7-8-15(13)17/h7-8,10,12H,4-6,9,11,17H2,1-3H3. The average molecular weight is 252 g/mol. The van der Waals surface area contributed by atoms with Crippen molar-refractivity contribution in [2.75, 3.05) is 12.3 Å². The van der Waals surface area contributed by atoms with Crippen molar-refractivity contribution in [3.05, 3.63) is 29.6 Å².